The maximum atomic E-state index is 12.7. The monoisotopic (exact) mass is 466 g/mol. The van der Waals surface area contributed by atoms with Crippen LogP contribution in [0.4, 0.5) is 5.69 Å². The molecule has 1 saturated heterocycles. The van der Waals surface area contributed by atoms with E-state index in [-0.39, 0.29) is 23.0 Å². The molecule has 1 amide bonds. The van der Waals surface area contributed by atoms with Gasteiger partial charge in [0.1, 0.15) is 0 Å². The van der Waals surface area contributed by atoms with E-state index < -0.39 is 5.91 Å². The van der Waals surface area contributed by atoms with Crippen LogP contribution in [-0.2, 0) is 11.2 Å². The third-order valence-electron chi connectivity index (χ3n) is 6.61. The molecule has 1 saturated carbocycles. The molecular formula is C25H34N6O3. The summed E-state index contributed by atoms with van der Waals surface area (Å²) in [6, 6.07) is 5.74. The smallest absolute Gasteiger partial charge is 0.250 e. The van der Waals surface area contributed by atoms with Crippen molar-refractivity contribution in [1.29, 1.82) is 0 Å². The lowest BCUT2D eigenvalue weighted by molar-refractivity contribution is -0.110. The first kappa shape index (κ1) is 24.1. The van der Waals surface area contributed by atoms with Gasteiger partial charge in [-0.05, 0) is 62.9 Å². The average molecular weight is 467 g/mol. The minimum Gasteiger partial charge on any atom is -0.382 e. The van der Waals surface area contributed by atoms with Crippen molar-refractivity contribution in [3.05, 3.63) is 40.7 Å². The van der Waals surface area contributed by atoms with Gasteiger partial charge in [0.2, 0.25) is 0 Å². The number of carbonyl (C=O) groups excluding carboxylic acids is 3. The summed E-state index contributed by atoms with van der Waals surface area (Å²) in [5, 5.41) is 11.5. The lowest BCUT2D eigenvalue weighted by Gasteiger charge is -2.29. The second kappa shape index (κ2) is 9.31. The molecule has 1 aromatic carbocycles. The number of ketones is 2. The van der Waals surface area contributed by atoms with Gasteiger partial charge in [-0.2, -0.15) is 5.10 Å². The number of aryl methyl sites for hydroxylation is 1. The number of nitrogens with zero attached hydrogens (tertiary/aromatic N) is 2. The highest BCUT2D eigenvalue weighted by molar-refractivity contribution is 6.00. The van der Waals surface area contributed by atoms with Crippen LogP contribution in [0.25, 0.3) is 5.69 Å². The number of carbonyl (C=O) groups is 3. The van der Waals surface area contributed by atoms with Gasteiger partial charge in [-0.25, -0.2) is 4.68 Å². The van der Waals surface area contributed by atoms with Crippen molar-refractivity contribution in [3.63, 3.8) is 0 Å². The predicted molar refractivity (Wildman–Crippen MR) is 130 cm³/mol. The number of anilines is 1. The van der Waals surface area contributed by atoms with Gasteiger partial charge < -0.3 is 22.1 Å². The summed E-state index contributed by atoms with van der Waals surface area (Å²) in [4.78, 5) is 34.4. The number of nitrogens with two attached hydrogens (primary N) is 2. The lowest BCUT2D eigenvalue weighted by atomic mass is 9.75. The highest BCUT2D eigenvalue weighted by atomic mass is 16.1. The molecule has 9 heteroatoms. The second-order valence-corrected chi connectivity index (χ2v) is 10.3. The zero-order valence-corrected chi connectivity index (χ0v) is 20.1. The molecule has 5 rings (SSSR count). The molecule has 2 aromatic rings. The molecular weight excluding hydrogens is 432 g/mol. The first-order valence-corrected chi connectivity index (χ1v) is 11.9. The fourth-order valence-electron chi connectivity index (χ4n) is 4.70. The molecule has 3 aliphatic rings. The largest absolute Gasteiger partial charge is 0.382 e. The number of rotatable bonds is 4. The van der Waals surface area contributed by atoms with Crippen LogP contribution >= 0.6 is 0 Å². The summed E-state index contributed by atoms with van der Waals surface area (Å²) in [6.45, 7) is 8.01. The summed E-state index contributed by atoms with van der Waals surface area (Å²) in [5.74, 6) is -0.102. The molecule has 1 unspecified atom stereocenters. The molecule has 2 fully saturated rings. The fraction of sp³-hybridized carbons (Fsp3) is 0.520. The molecule has 1 aromatic heterocycles. The van der Waals surface area contributed by atoms with E-state index >= 15 is 0 Å². The van der Waals surface area contributed by atoms with Gasteiger partial charge in [0.05, 0.1) is 34.2 Å². The minimum atomic E-state index is -0.456. The summed E-state index contributed by atoms with van der Waals surface area (Å²) in [5.41, 5.74) is 15.0. The Morgan fingerprint density at radius 3 is 2.44 bits per heavy atom. The van der Waals surface area contributed by atoms with Gasteiger partial charge in [-0.15, -0.1) is 0 Å². The molecule has 2 heterocycles. The zero-order valence-electron chi connectivity index (χ0n) is 20.1. The molecule has 9 nitrogen and oxygen atoms in total. The standard InChI is InChI=1S/C22H29N5O2.C3H5NO/c1-13-20-18(11-22(2,3)12-19(20)28)27(26-13)15-4-5-16(21(23)29)17(10-15)25-14-6-8-24-9-7-14;4-2-1-3(2)5/h4-5,10,14,24-25H,6-9,11-12H2,1-3H3,(H2,23,29);2H,1,4H2. The first-order chi connectivity index (χ1) is 16.1. The number of benzene rings is 1. The van der Waals surface area contributed by atoms with Crippen molar-refractivity contribution in [2.24, 2.45) is 16.9 Å². The summed E-state index contributed by atoms with van der Waals surface area (Å²) >= 11 is 0. The predicted octanol–water partition coefficient (Wildman–Crippen LogP) is 1.89. The van der Waals surface area contributed by atoms with Gasteiger partial charge in [0.15, 0.2) is 11.6 Å². The maximum Gasteiger partial charge on any atom is 0.250 e. The Hall–Kier alpha value is -3.04. The summed E-state index contributed by atoms with van der Waals surface area (Å²) in [6.07, 6.45) is 3.90. The Kier molecular flexibility index (Phi) is 6.60. The number of amides is 1. The van der Waals surface area contributed by atoms with E-state index in [1.165, 1.54) is 0 Å². The normalized spacial score (nSPS) is 21.4. The van der Waals surface area contributed by atoms with E-state index in [2.05, 4.69) is 29.6 Å². The Morgan fingerprint density at radius 1 is 1.21 bits per heavy atom. The lowest BCUT2D eigenvalue weighted by Crippen LogP contribution is -2.35. The van der Waals surface area contributed by atoms with Crippen LogP contribution in [0.1, 0.15) is 71.6 Å². The van der Waals surface area contributed by atoms with Gasteiger partial charge in [-0.3, -0.25) is 14.4 Å². The molecule has 182 valence electrons. The van der Waals surface area contributed by atoms with Gasteiger partial charge in [0, 0.05) is 24.6 Å². The molecule has 34 heavy (non-hydrogen) atoms. The van der Waals surface area contributed by atoms with Gasteiger partial charge >= 0.3 is 0 Å². The fourth-order valence-corrected chi connectivity index (χ4v) is 4.70. The van der Waals surface area contributed by atoms with Gasteiger partial charge in [-0.1, -0.05) is 13.8 Å². The number of nitrogens with one attached hydrogen (secondary N) is 2. The highest BCUT2D eigenvalue weighted by Gasteiger charge is 2.36. The van der Waals surface area contributed by atoms with Crippen LogP contribution in [0.5, 0.6) is 0 Å². The van der Waals surface area contributed by atoms with Crippen molar-refractivity contribution in [3.8, 4) is 5.69 Å². The maximum absolute atomic E-state index is 12.7. The molecule has 6 N–H and O–H groups in total. The van der Waals surface area contributed by atoms with Crippen LogP contribution in [-0.4, -0.2) is 52.4 Å². The molecule has 2 aliphatic carbocycles. The van der Waals surface area contributed by atoms with Crippen LogP contribution in [0.2, 0.25) is 0 Å². The third-order valence-corrected chi connectivity index (χ3v) is 6.61. The van der Waals surface area contributed by atoms with E-state index in [0.717, 1.165) is 60.7 Å². The molecule has 1 aliphatic heterocycles. The number of primary amides is 1. The van der Waals surface area contributed by atoms with Gasteiger partial charge in [0.25, 0.3) is 5.91 Å². The Labute approximate surface area is 199 Å². The topological polar surface area (TPSA) is 145 Å². The van der Waals surface area contributed by atoms with E-state index in [1.807, 2.05) is 23.7 Å². The van der Waals surface area contributed by atoms with Crippen LogP contribution in [0.15, 0.2) is 18.2 Å². The number of piperidine rings is 1. The van der Waals surface area contributed by atoms with E-state index in [4.69, 9.17) is 11.5 Å². The molecule has 0 spiro atoms. The highest BCUT2D eigenvalue weighted by Crippen LogP contribution is 2.37. The van der Waals surface area contributed by atoms with Crippen molar-refractivity contribution >= 4 is 23.2 Å². The van der Waals surface area contributed by atoms with E-state index in [9.17, 15) is 14.4 Å². The van der Waals surface area contributed by atoms with E-state index in [0.29, 0.717) is 24.4 Å². The first-order valence-electron chi connectivity index (χ1n) is 11.9. The van der Waals surface area contributed by atoms with Crippen molar-refractivity contribution < 1.29 is 14.4 Å². The Morgan fingerprint density at radius 2 is 1.85 bits per heavy atom. The minimum absolute atomic E-state index is 0.0880. The van der Waals surface area contributed by atoms with Crippen molar-refractivity contribution in [2.75, 3.05) is 18.4 Å². The molecule has 0 bridgehead atoms. The number of hydrogen-bond donors (Lipinski definition) is 4. The SMILES string of the molecule is Cc1nn(-c2ccc(C(N)=O)c(NC3CCNCC3)c2)c2c1C(=O)CC(C)(C)C2.NC1CC1=O. The number of fused-ring (bicyclic) bond motifs is 1. The van der Waals surface area contributed by atoms with E-state index in [1.54, 1.807) is 6.07 Å². The Balaban J connectivity index is 0.000000486. The zero-order chi connectivity index (χ0) is 24.6. The second-order valence-electron chi connectivity index (χ2n) is 10.3. The quantitative estimate of drug-likeness (QED) is 0.538. The van der Waals surface area contributed by atoms with Crippen molar-refractivity contribution in [1.82, 2.24) is 15.1 Å². The number of Topliss-reactive ketones (excluding diaryl/α,β-unsaturated/α-hetero) is 2. The van der Waals surface area contributed by atoms with Crippen LogP contribution in [0, 0.1) is 12.3 Å². The molecule has 1 atom stereocenters. The van der Waals surface area contributed by atoms with Crippen LogP contribution in [0.3, 0.4) is 0 Å². The average Bonchev–Trinajstić information content (AvgIpc) is 3.30. The third kappa shape index (κ3) is 5.20. The van der Waals surface area contributed by atoms with Crippen LogP contribution < -0.4 is 22.1 Å². The van der Waals surface area contributed by atoms with Crippen molar-refractivity contribution in [2.45, 2.75) is 65.0 Å². The number of hydrogen-bond acceptors (Lipinski definition) is 7. The Bertz CT molecular complexity index is 1130. The number of aromatic nitrogens is 2. The summed E-state index contributed by atoms with van der Waals surface area (Å²) in [7, 11) is 0. The molecule has 0 radical (unpaired) electrons. The summed E-state index contributed by atoms with van der Waals surface area (Å²) < 4.78 is 1.86.